The average molecular weight is 392 g/mol. The number of carbonyl (C=O) groups excluding carboxylic acids is 2. The summed E-state index contributed by atoms with van der Waals surface area (Å²) in [7, 11) is 1.55. The number of ether oxygens (including phenoxy) is 1. The van der Waals surface area contributed by atoms with Crippen molar-refractivity contribution in [3.8, 4) is 5.75 Å². The molecule has 0 saturated carbocycles. The van der Waals surface area contributed by atoms with Crippen LogP contribution < -0.4 is 31.3 Å². The fraction of sp³-hybridized carbons (Fsp3) is 0.429. The van der Waals surface area contributed by atoms with Crippen LogP contribution in [0.1, 0.15) is 25.3 Å². The van der Waals surface area contributed by atoms with Gasteiger partial charge in [0.05, 0.1) is 0 Å². The van der Waals surface area contributed by atoms with E-state index in [2.05, 4.69) is 5.32 Å². The number of hydrogen-bond donors (Lipinski definition) is 1. The summed E-state index contributed by atoms with van der Waals surface area (Å²) in [6.07, 6.45) is 1.49. The van der Waals surface area contributed by atoms with Crippen molar-refractivity contribution in [2.45, 2.75) is 30.1 Å². The second-order valence-electron chi connectivity index (χ2n) is 4.46. The summed E-state index contributed by atoms with van der Waals surface area (Å²) < 4.78 is 19.8. The standard InChI is InChI=1S/C14H16FINO3/c1-3-8-6-12(20-2)11(7-9(8)15)16-10-4-5-13(18)17-14(10)19/h6-7,10H,3-5H2,1-2H3,(H,17,18,19)/q-1. The number of aryl methyl sites for hydroxylation is 1. The van der Waals surface area contributed by atoms with Gasteiger partial charge in [-0.05, 0) is 0 Å². The van der Waals surface area contributed by atoms with Crippen LogP contribution >= 0.6 is 0 Å². The molecule has 0 aromatic heterocycles. The number of alkyl halides is 1. The molecule has 2 amide bonds. The Morgan fingerprint density at radius 2 is 2.20 bits per heavy atom. The number of piperidine rings is 1. The minimum atomic E-state index is -0.746. The summed E-state index contributed by atoms with van der Waals surface area (Å²) >= 11 is -0.746. The molecule has 0 spiro atoms. The van der Waals surface area contributed by atoms with Crippen LogP contribution in [0.15, 0.2) is 12.1 Å². The van der Waals surface area contributed by atoms with Crippen LogP contribution in [0.25, 0.3) is 0 Å². The van der Waals surface area contributed by atoms with Crippen LogP contribution in [-0.2, 0) is 16.0 Å². The van der Waals surface area contributed by atoms with E-state index < -0.39 is 21.2 Å². The van der Waals surface area contributed by atoms with Gasteiger partial charge in [0.2, 0.25) is 0 Å². The zero-order chi connectivity index (χ0) is 14.7. The second-order valence-corrected chi connectivity index (χ2v) is 7.75. The number of halogens is 2. The van der Waals surface area contributed by atoms with E-state index in [1.807, 2.05) is 6.92 Å². The van der Waals surface area contributed by atoms with E-state index in [4.69, 9.17) is 4.74 Å². The predicted octanol–water partition coefficient (Wildman–Crippen LogP) is -1.54. The fourth-order valence-corrected chi connectivity index (χ4v) is 5.00. The topological polar surface area (TPSA) is 55.4 Å². The number of nitrogens with one attached hydrogen (secondary N) is 1. The van der Waals surface area contributed by atoms with Gasteiger partial charge in [0, 0.05) is 0 Å². The first kappa shape index (κ1) is 15.2. The molecule has 6 heteroatoms. The van der Waals surface area contributed by atoms with Crippen molar-refractivity contribution in [2.24, 2.45) is 0 Å². The van der Waals surface area contributed by atoms with Gasteiger partial charge in [0.1, 0.15) is 0 Å². The molecule has 1 N–H and O–H groups in total. The molecule has 4 nitrogen and oxygen atoms in total. The van der Waals surface area contributed by atoms with Crippen molar-refractivity contribution in [3.63, 3.8) is 0 Å². The van der Waals surface area contributed by atoms with Crippen molar-refractivity contribution < 1.29 is 39.9 Å². The summed E-state index contributed by atoms with van der Waals surface area (Å²) in [5.41, 5.74) is 0.609. The molecule has 20 heavy (non-hydrogen) atoms. The number of amides is 2. The van der Waals surface area contributed by atoms with E-state index in [-0.39, 0.29) is 21.6 Å². The first-order valence-corrected chi connectivity index (χ1v) is 8.71. The Morgan fingerprint density at radius 1 is 1.45 bits per heavy atom. The SMILES string of the molecule is CCc1cc(OC)c([I-]C2CCC(=O)NC2=O)cc1F. The van der Waals surface area contributed by atoms with Gasteiger partial charge >= 0.3 is 127 Å². The number of imide groups is 1. The third-order valence-electron chi connectivity index (χ3n) is 3.12. The second kappa shape index (κ2) is 6.51. The molecule has 1 unspecified atom stereocenters. The van der Waals surface area contributed by atoms with Crippen LogP contribution in [-0.4, -0.2) is 22.8 Å². The molecule has 0 radical (unpaired) electrons. The Hall–Kier alpha value is -1.18. The van der Waals surface area contributed by atoms with Crippen LogP contribution in [0.2, 0.25) is 0 Å². The van der Waals surface area contributed by atoms with Crippen molar-refractivity contribution in [3.05, 3.63) is 27.1 Å². The third-order valence-corrected chi connectivity index (χ3v) is 6.58. The van der Waals surface area contributed by atoms with E-state index in [0.717, 1.165) is 3.57 Å². The van der Waals surface area contributed by atoms with Crippen LogP contribution in [0, 0.1) is 9.39 Å². The monoisotopic (exact) mass is 392 g/mol. The molecule has 110 valence electrons. The van der Waals surface area contributed by atoms with Crippen LogP contribution in [0.3, 0.4) is 0 Å². The predicted molar refractivity (Wildman–Crippen MR) is 67.2 cm³/mol. The number of carbonyl (C=O) groups is 2. The van der Waals surface area contributed by atoms with Gasteiger partial charge in [-0.15, -0.1) is 0 Å². The van der Waals surface area contributed by atoms with Gasteiger partial charge in [-0.2, -0.15) is 0 Å². The first-order valence-electron chi connectivity index (χ1n) is 6.38. The zero-order valence-electron chi connectivity index (χ0n) is 11.3. The van der Waals surface area contributed by atoms with Gasteiger partial charge in [-0.3, -0.25) is 0 Å². The quantitative estimate of drug-likeness (QED) is 0.384. The summed E-state index contributed by atoms with van der Waals surface area (Å²) in [4.78, 5) is 22.9. The molecule has 1 atom stereocenters. The van der Waals surface area contributed by atoms with Gasteiger partial charge in [0.25, 0.3) is 0 Å². The molecular weight excluding hydrogens is 376 g/mol. The Balaban J connectivity index is 2.22. The Morgan fingerprint density at radius 3 is 2.80 bits per heavy atom. The Kier molecular flexibility index (Phi) is 4.95. The van der Waals surface area contributed by atoms with E-state index in [9.17, 15) is 14.0 Å². The first-order chi connectivity index (χ1) is 9.55. The average Bonchev–Trinajstić information content (AvgIpc) is 2.42. The Labute approximate surface area is 127 Å². The number of hydrogen-bond acceptors (Lipinski definition) is 3. The number of rotatable bonds is 4. The van der Waals surface area contributed by atoms with Crippen molar-refractivity contribution in [1.29, 1.82) is 0 Å². The fourth-order valence-electron chi connectivity index (χ4n) is 2.00. The van der Waals surface area contributed by atoms with Crippen molar-refractivity contribution >= 4 is 11.8 Å². The number of methoxy groups -OCH3 is 1. The Bertz CT molecular complexity index is 547. The maximum atomic E-state index is 13.9. The molecule has 0 aliphatic carbocycles. The van der Waals surface area contributed by atoms with Gasteiger partial charge < -0.3 is 0 Å². The molecule has 1 aliphatic rings. The third kappa shape index (κ3) is 3.28. The molecule has 2 rings (SSSR count). The number of benzene rings is 1. The van der Waals surface area contributed by atoms with Gasteiger partial charge in [-0.25, -0.2) is 0 Å². The molecular formula is C14H16FINO3-. The molecule has 1 saturated heterocycles. The molecule has 1 aromatic carbocycles. The van der Waals surface area contributed by atoms with Gasteiger partial charge in [0.15, 0.2) is 0 Å². The molecule has 0 bridgehead atoms. The van der Waals surface area contributed by atoms with E-state index in [1.165, 1.54) is 6.07 Å². The molecule has 1 fully saturated rings. The van der Waals surface area contributed by atoms with Crippen molar-refractivity contribution in [1.82, 2.24) is 5.32 Å². The molecule has 1 heterocycles. The molecule has 1 aromatic rings. The van der Waals surface area contributed by atoms with Crippen molar-refractivity contribution in [2.75, 3.05) is 7.11 Å². The zero-order valence-corrected chi connectivity index (χ0v) is 13.5. The summed E-state index contributed by atoms with van der Waals surface area (Å²) in [6, 6.07) is 3.19. The van der Waals surface area contributed by atoms with Gasteiger partial charge in [-0.1, -0.05) is 0 Å². The minimum absolute atomic E-state index is 0.202. The molecule has 1 aliphatic heterocycles. The van der Waals surface area contributed by atoms with Crippen LogP contribution in [0.4, 0.5) is 4.39 Å². The van der Waals surface area contributed by atoms with E-state index in [0.29, 0.717) is 30.6 Å². The van der Waals surface area contributed by atoms with E-state index >= 15 is 0 Å². The normalized spacial score (nSPS) is 19.1. The summed E-state index contributed by atoms with van der Waals surface area (Å²) in [5, 5.41) is 2.34. The summed E-state index contributed by atoms with van der Waals surface area (Å²) in [5.74, 6) is -0.0816. The summed E-state index contributed by atoms with van der Waals surface area (Å²) in [6.45, 7) is 1.88. The maximum absolute atomic E-state index is 13.9. The van der Waals surface area contributed by atoms with Crippen LogP contribution in [0.5, 0.6) is 5.75 Å². The van der Waals surface area contributed by atoms with E-state index in [1.54, 1.807) is 13.2 Å².